The topological polar surface area (TPSA) is 79.1 Å². The number of benzene rings is 2. The number of aromatic nitrogens is 1. The molecule has 1 aromatic heterocycles. The van der Waals surface area contributed by atoms with Crippen LogP contribution >= 0.6 is 0 Å². The number of hydrogen-bond acceptors (Lipinski definition) is 3. The molecule has 0 aliphatic heterocycles. The van der Waals surface area contributed by atoms with Gasteiger partial charge in [-0.1, -0.05) is 6.07 Å². The van der Waals surface area contributed by atoms with Gasteiger partial charge in [-0.25, -0.2) is 0 Å². The highest BCUT2D eigenvalue weighted by Gasteiger charge is 2.08. The Morgan fingerprint density at radius 3 is 2.76 bits per heavy atom. The zero-order chi connectivity index (χ0) is 12.0. The molecule has 4 heteroatoms. The van der Waals surface area contributed by atoms with Gasteiger partial charge in [-0.3, -0.25) is 4.79 Å². The molecule has 1 heterocycles. The molecular formula is C13H10N2O2. The molecule has 3 rings (SSSR count). The highest BCUT2D eigenvalue weighted by atomic mass is 16.3. The molecule has 0 fully saturated rings. The molecule has 4 N–H and O–H groups in total. The van der Waals surface area contributed by atoms with Crippen molar-refractivity contribution in [3.63, 3.8) is 0 Å². The normalized spacial score (nSPS) is 11.1. The maximum absolute atomic E-state index is 11.8. The van der Waals surface area contributed by atoms with Gasteiger partial charge in [-0.05, 0) is 30.3 Å². The quantitative estimate of drug-likeness (QED) is 0.405. The fourth-order valence-electron chi connectivity index (χ4n) is 2.08. The molecule has 0 aliphatic rings. The summed E-state index contributed by atoms with van der Waals surface area (Å²) < 4.78 is 0. The molecule has 84 valence electrons. The van der Waals surface area contributed by atoms with E-state index in [2.05, 4.69) is 4.98 Å². The van der Waals surface area contributed by atoms with E-state index in [1.54, 1.807) is 36.4 Å². The van der Waals surface area contributed by atoms with E-state index in [1.165, 1.54) is 0 Å². The van der Waals surface area contributed by atoms with Crippen molar-refractivity contribution in [1.82, 2.24) is 4.98 Å². The Bertz CT molecular complexity index is 790. The van der Waals surface area contributed by atoms with Gasteiger partial charge < -0.3 is 15.8 Å². The maximum Gasteiger partial charge on any atom is 0.256 e. The summed E-state index contributed by atoms with van der Waals surface area (Å²) in [5, 5.41) is 11.6. The Morgan fingerprint density at radius 2 is 1.94 bits per heavy atom. The number of pyridine rings is 1. The predicted molar refractivity (Wildman–Crippen MR) is 68.2 cm³/mol. The number of nitrogens with one attached hydrogen (secondary N) is 1. The van der Waals surface area contributed by atoms with Gasteiger partial charge in [-0.15, -0.1) is 0 Å². The Kier molecular flexibility index (Phi) is 1.86. The van der Waals surface area contributed by atoms with Crippen molar-refractivity contribution in [2.45, 2.75) is 0 Å². The molecule has 0 amide bonds. The fourth-order valence-corrected chi connectivity index (χ4v) is 2.08. The van der Waals surface area contributed by atoms with Crippen LogP contribution in [0, 0.1) is 0 Å². The first-order chi connectivity index (χ1) is 8.16. The third-order valence-corrected chi connectivity index (χ3v) is 2.85. The summed E-state index contributed by atoms with van der Waals surface area (Å²) in [5.74, 6) is 0.0872. The van der Waals surface area contributed by atoms with Crippen LogP contribution in [0.4, 0.5) is 5.69 Å². The smallest absolute Gasteiger partial charge is 0.256 e. The summed E-state index contributed by atoms with van der Waals surface area (Å²) in [7, 11) is 0. The maximum atomic E-state index is 11.8. The summed E-state index contributed by atoms with van der Waals surface area (Å²) >= 11 is 0. The highest BCUT2D eigenvalue weighted by Crippen LogP contribution is 2.29. The Balaban J connectivity index is 2.70. The number of H-pyrrole nitrogens is 1. The second-order valence-electron chi connectivity index (χ2n) is 3.96. The Hall–Kier alpha value is -2.49. The first kappa shape index (κ1) is 9.72. The number of nitrogen functional groups attached to an aromatic ring is 1. The molecule has 4 nitrogen and oxygen atoms in total. The van der Waals surface area contributed by atoms with Crippen molar-refractivity contribution in [3.05, 3.63) is 46.8 Å². The summed E-state index contributed by atoms with van der Waals surface area (Å²) in [5.41, 5.74) is 6.77. The number of aromatic hydroxyl groups is 1. The third kappa shape index (κ3) is 1.34. The lowest BCUT2D eigenvalue weighted by atomic mass is 10.1. The van der Waals surface area contributed by atoms with Crippen LogP contribution in [0.25, 0.3) is 21.7 Å². The Labute approximate surface area is 96.3 Å². The molecule has 0 saturated carbocycles. The van der Waals surface area contributed by atoms with Gasteiger partial charge >= 0.3 is 0 Å². The van der Waals surface area contributed by atoms with Crippen molar-refractivity contribution in [2.75, 3.05) is 5.73 Å². The predicted octanol–water partition coefficient (Wildman–Crippen LogP) is 1.97. The fraction of sp³-hybridized carbons (Fsp3) is 0. The van der Waals surface area contributed by atoms with Crippen LogP contribution in [0.1, 0.15) is 0 Å². The van der Waals surface area contributed by atoms with E-state index in [1.807, 2.05) is 0 Å². The average molecular weight is 226 g/mol. The molecule has 2 aromatic carbocycles. The SMILES string of the molecule is Nc1ccc2[nH]c(=O)c3cccc(O)c3c2c1. The number of phenolic OH excluding ortho intramolecular Hbond substituents is 1. The zero-order valence-corrected chi connectivity index (χ0v) is 8.90. The number of hydrogen-bond donors (Lipinski definition) is 3. The molecule has 0 bridgehead atoms. The van der Waals surface area contributed by atoms with Crippen molar-refractivity contribution in [2.24, 2.45) is 0 Å². The second-order valence-corrected chi connectivity index (χ2v) is 3.96. The van der Waals surface area contributed by atoms with Gasteiger partial charge in [0.2, 0.25) is 0 Å². The van der Waals surface area contributed by atoms with Crippen LogP contribution in [-0.4, -0.2) is 10.1 Å². The average Bonchev–Trinajstić information content (AvgIpc) is 2.30. The van der Waals surface area contributed by atoms with Crippen molar-refractivity contribution in [1.29, 1.82) is 0 Å². The van der Waals surface area contributed by atoms with Gasteiger partial charge in [0, 0.05) is 22.0 Å². The zero-order valence-electron chi connectivity index (χ0n) is 8.90. The standard InChI is InChI=1S/C13H10N2O2/c14-7-4-5-10-9(6-7)12-8(13(17)15-10)2-1-3-11(12)16/h1-6,16H,14H2,(H,15,17). The first-order valence-corrected chi connectivity index (χ1v) is 5.20. The van der Waals surface area contributed by atoms with Crippen molar-refractivity contribution < 1.29 is 5.11 Å². The first-order valence-electron chi connectivity index (χ1n) is 5.20. The number of phenols is 1. The second kappa shape index (κ2) is 3.25. The highest BCUT2D eigenvalue weighted by molar-refractivity contribution is 6.09. The van der Waals surface area contributed by atoms with E-state index in [9.17, 15) is 9.90 Å². The number of nitrogens with two attached hydrogens (primary N) is 1. The van der Waals surface area contributed by atoms with Gasteiger partial charge in [0.25, 0.3) is 5.56 Å². The number of anilines is 1. The van der Waals surface area contributed by atoms with Crippen LogP contribution < -0.4 is 11.3 Å². The summed E-state index contributed by atoms with van der Waals surface area (Å²) in [6, 6.07) is 10.1. The van der Waals surface area contributed by atoms with Gasteiger partial charge in [0.05, 0.1) is 5.39 Å². The lowest BCUT2D eigenvalue weighted by molar-refractivity contribution is 0.482. The molecule has 0 radical (unpaired) electrons. The monoisotopic (exact) mass is 226 g/mol. The van der Waals surface area contributed by atoms with Crippen LogP contribution in [0.2, 0.25) is 0 Å². The number of aromatic amines is 1. The lowest BCUT2D eigenvalue weighted by Crippen LogP contribution is -2.06. The summed E-state index contributed by atoms with van der Waals surface area (Å²) in [4.78, 5) is 14.6. The van der Waals surface area contributed by atoms with Gasteiger partial charge in [-0.2, -0.15) is 0 Å². The molecule has 0 spiro atoms. The lowest BCUT2D eigenvalue weighted by Gasteiger charge is -2.06. The van der Waals surface area contributed by atoms with Crippen LogP contribution in [-0.2, 0) is 0 Å². The van der Waals surface area contributed by atoms with Crippen LogP contribution in [0.5, 0.6) is 5.75 Å². The molecule has 0 aliphatic carbocycles. The largest absolute Gasteiger partial charge is 0.507 e. The van der Waals surface area contributed by atoms with Crippen LogP contribution in [0.15, 0.2) is 41.2 Å². The van der Waals surface area contributed by atoms with E-state index >= 15 is 0 Å². The minimum atomic E-state index is -0.215. The van der Waals surface area contributed by atoms with E-state index in [4.69, 9.17) is 5.73 Å². The minimum Gasteiger partial charge on any atom is -0.507 e. The number of fused-ring (bicyclic) bond motifs is 3. The number of rotatable bonds is 0. The summed E-state index contributed by atoms with van der Waals surface area (Å²) in [6.45, 7) is 0. The molecule has 3 aromatic rings. The van der Waals surface area contributed by atoms with Crippen LogP contribution in [0.3, 0.4) is 0 Å². The van der Waals surface area contributed by atoms with Crippen molar-refractivity contribution in [3.8, 4) is 5.75 Å². The third-order valence-electron chi connectivity index (χ3n) is 2.85. The van der Waals surface area contributed by atoms with Gasteiger partial charge in [0.1, 0.15) is 5.75 Å². The minimum absolute atomic E-state index is 0.0872. The molecule has 0 atom stereocenters. The summed E-state index contributed by atoms with van der Waals surface area (Å²) in [6.07, 6.45) is 0. The van der Waals surface area contributed by atoms with E-state index in [0.717, 1.165) is 5.39 Å². The van der Waals surface area contributed by atoms with E-state index in [0.29, 0.717) is 22.0 Å². The molecular weight excluding hydrogens is 216 g/mol. The molecule has 17 heavy (non-hydrogen) atoms. The van der Waals surface area contributed by atoms with E-state index in [-0.39, 0.29) is 11.3 Å². The Morgan fingerprint density at radius 1 is 1.12 bits per heavy atom. The molecule has 0 unspecified atom stereocenters. The molecule has 0 saturated heterocycles. The van der Waals surface area contributed by atoms with Gasteiger partial charge in [0.15, 0.2) is 0 Å². The van der Waals surface area contributed by atoms with Crippen molar-refractivity contribution >= 4 is 27.4 Å². The van der Waals surface area contributed by atoms with E-state index < -0.39 is 0 Å².